The summed E-state index contributed by atoms with van der Waals surface area (Å²) in [6.07, 6.45) is 9.20. The van der Waals surface area contributed by atoms with Gasteiger partial charge in [0, 0.05) is 25.5 Å². The number of likely N-dealkylation sites (tertiary alicyclic amines) is 1. The minimum absolute atomic E-state index is 0.364. The third-order valence-electron chi connectivity index (χ3n) is 3.42. The molecule has 0 atom stereocenters. The quantitative estimate of drug-likeness (QED) is 0.809. The van der Waals surface area contributed by atoms with Crippen LogP contribution in [0.5, 0.6) is 0 Å². The maximum Gasteiger partial charge on any atom is 0.0945 e. The zero-order chi connectivity index (χ0) is 11.2. The highest BCUT2D eigenvalue weighted by Crippen LogP contribution is 2.16. The lowest BCUT2D eigenvalue weighted by Gasteiger charge is -2.30. The number of imidazole rings is 1. The van der Waals surface area contributed by atoms with E-state index in [0.29, 0.717) is 12.5 Å². The van der Waals surface area contributed by atoms with Crippen molar-refractivity contribution in [2.24, 2.45) is 5.92 Å². The second kappa shape index (κ2) is 6.01. The first-order chi connectivity index (χ1) is 7.88. The Hall–Kier alpha value is -0.870. The first kappa shape index (κ1) is 11.6. The van der Waals surface area contributed by atoms with Gasteiger partial charge in [0.1, 0.15) is 0 Å². The Balaban J connectivity index is 1.60. The Bertz CT molecular complexity index is 278. The van der Waals surface area contributed by atoms with Gasteiger partial charge in [0.05, 0.1) is 6.33 Å². The topological polar surface area (TPSA) is 41.3 Å². The molecule has 0 amide bonds. The lowest BCUT2D eigenvalue weighted by Crippen LogP contribution is -2.35. The third-order valence-corrected chi connectivity index (χ3v) is 3.42. The van der Waals surface area contributed by atoms with E-state index >= 15 is 0 Å². The van der Waals surface area contributed by atoms with Crippen molar-refractivity contribution in [1.82, 2.24) is 14.5 Å². The molecule has 1 aromatic heterocycles. The predicted octanol–water partition coefficient (Wildman–Crippen LogP) is 0.977. The van der Waals surface area contributed by atoms with Gasteiger partial charge in [0.15, 0.2) is 0 Å². The zero-order valence-electron chi connectivity index (χ0n) is 9.76. The molecule has 2 heterocycles. The Morgan fingerprint density at radius 3 is 2.69 bits per heavy atom. The Morgan fingerprint density at radius 1 is 1.25 bits per heavy atom. The van der Waals surface area contributed by atoms with Gasteiger partial charge in [-0.3, -0.25) is 0 Å². The summed E-state index contributed by atoms with van der Waals surface area (Å²) >= 11 is 0. The molecule has 0 saturated carbocycles. The van der Waals surface area contributed by atoms with Gasteiger partial charge in [-0.05, 0) is 44.8 Å². The molecule has 16 heavy (non-hydrogen) atoms. The smallest absolute Gasteiger partial charge is 0.0945 e. The van der Waals surface area contributed by atoms with E-state index in [0.717, 1.165) is 39.0 Å². The highest BCUT2D eigenvalue weighted by atomic mass is 16.3. The van der Waals surface area contributed by atoms with Gasteiger partial charge >= 0.3 is 0 Å². The second-order valence-electron chi connectivity index (χ2n) is 4.62. The number of rotatable bonds is 5. The highest BCUT2D eigenvalue weighted by molar-refractivity contribution is 4.75. The molecular formula is C12H21N3O. The van der Waals surface area contributed by atoms with E-state index < -0.39 is 0 Å². The van der Waals surface area contributed by atoms with Gasteiger partial charge in [0.25, 0.3) is 0 Å². The number of hydrogen-bond acceptors (Lipinski definition) is 3. The molecule has 2 rings (SSSR count). The van der Waals surface area contributed by atoms with Crippen molar-refractivity contribution in [2.45, 2.75) is 25.8 Å². The lowest BCUT2D eigenvalue weighted by molar-refractivity contribution is 0.130. The number of aliphatic hydroxyl groups is 1. The average Bonchev–Trinajstić information content (AvgIpc) is 2.83. The van der Waals surface area contributed by atoms with Crippen LogP contribution in [0, 0.1) is 5.92 Å². The van der Waals surface area contributed by atoms with Crippen LogP contribution in [-0.2, 0) is 6.54 Å². The normalized spacial score (nSPS) is 19.1. The minimum atomic E-state index is 0.364. The summed E-state index contributed by atoms with van der Waals surface area (Å²) < 4.78 is 2.13. The molecule has 0 aliphatic carbocycles. The molecule has 1 aromatic rings. The zero-order valence-corrected chi connectivity index (χ0v) is 9.76. The Morgan fingerprint density at radius 2 is 2.06 bits per heavy atom. The maximum absolute atomic E-state index is 9.05. The average molecular weight is 223 g/mol. The molecule has 4 nitrogen and oxygen atoms in total. The number of nitrogens with zero attached hydrogens (tertiary/aromatic N) is 3. The lowest BCUT2D eigenvalue weighted by atomic mass is 9.98. The highest BCUT2D eigenvalue weighted by Gasteiger charge is 2.17. The third kappa shape index (κ3) is 3.32. The van der Waals surface area contributed by atoms with Gasteiger partial charge in [-0.1, -0.05) is 0 Å². The number of aryl methyl sites for hydroxylation is 1. The van der Waals surface area contributed by atoms with Crippen LogP contribution in [0.1, 0.15) is 19.3 Å². The Labute approximate surface area is 96.9 Å². The van der Waals surface area contributed by atoms with Crippen LogP contribution in [0.15, 0.2) is 18.7 Å². The summed E-state index contributed by atoms with van der Waals surface area (Å²) in [6, 6.07) is 0. The predicted molar refractivity (Wildman–Crippen MR) is 63.1 cm³/mol. The van der Waals surface area contributed by atoms with Crippen molar-refractivity contribution >= 4 is 0 Å². The molecule has 0 radical (unpaired) electrons. The van der Waals surface area contributed by atoms with Gasteiger partial charge in [-0.15, -0.1) is 0 Å². The second-order valence-corrected chi connectivity index (χ2v) is 4.62. The van der Waals surface area contributed by atoms with Crippen molar-refractivity contribution in [2.75, 3.05) is 26.2 Å². The van der Waals surface area contributed by atoms with Crippen LogP contribution >= 0.6 is 0 Å². The van der Waals surface area contributed by atoms with Crippen molar-refractivity contribution in [3.63, 3.8) is 0 Å². The summed E-state index contributed by atoms with van der Waals surface area (Å²) in [5, 5.41) is 9.05. The van der Waals surface area contributed by atoms with Crippen LogP contribution in [-0.4, -0.2) is 45.8 Å². The molecule has 1 aliphatic heterocycles. The van der Waals surface area contributed by atoms with Crippen molar-refractivity contribution < 1.29 is 5.11 Å². The van der Waals surface area contributed by atoms with E-state index in [9.17, 15) is 0 Å². The Kier molecular flexibility index (Phi) is 4.36. The largest absolute Gasteiger partial charge is 0.396 e. The van der Waals surface area contributed by atoms with E-state index in [1.165, 1.54) is 6.42 Å². The van der Waals surface area contributed by atoms with E-state index in [2.05, 4.69) is 14.5 Å². The molecule has 90 valence electrons. The van der Waals surface area contributed by atoms with Crippen molar-refractivity contribution in [1.29, 1.82) is 0 Å². The van der Waals surface area contributed by atoms with Gasteiger partial charge in [-0.2, -0.15) is 0 Å². The van der Waals surface area contributed by atoms with Gasteiger partial charge < -0.3 is 14.6 Å². The molecule has 1 fully saturated rings. The molecule has 0 aromatic carbocycles. The van der Waals surface area contributed by atoms with E-state index in [-0.39, 0.29) is 0 Å². The summed E-state index contributed by atoms with van der Waals surface area (Å²) in [6.45, 7) is 4.88. The monoisotopic (exact) mass is 223 g/mol. The molecule has 1 saturated heterocycles. The molecule has 0 spiro atoms. The SMILES string of the molecule is OCC1CCN(CCCn2ccnc2)CC1. The van der Waals surface area contributed by atoms with Crippen molar-refractivity contribution in [3.8, 4) is 0 Å². The molecular weight excluding hydrogens is 202 g/mol. The summed E-state index contributed by atoms with van der Waals surface area (Å²) in [5.74, 6) is 0.546. The van der Waals surface area contributed by atoms with E-state index in [1.54, 1.807) is 0 Å². The first-order valence-electron chi connectivity index (χ1n) is 6.17. The standard InChI is InChI=1S/C12H21N3O/c16-10-12-2-7-14(8-3-12)5-1-6-15-9-4-13-11-15/h4,9,11-12,16H,1-3,5-8,10H2. The fourth-order valence-corrected chi connectivity index (χ4v) is 2.29. The van der Waals surface area contributed by atoms with Crippen LogP contribution in [0.3, 0.4) is 0 Å². The van der Waals surface area contributed by atoms with Crippen LogP contribution in [0.2, 0.25) is 0 Å². The maximum atomic E-state index is 9.05. The van der Waals surface area contributed by atoms with Gasteiger partial charge in [-0.25, -0.2) is 4.98 Å². The van der Waals surface area contributed by atoms with Crippen molar-refractivity contribution in [3.05, 3.63) is 18.7 Å². The first-order valence-corrected chi connectivity index (χ1v) is 6.17. The fourth-order valence-electron chi connectivity index (χ4n) is 2.29. The molecule has 1 N–H and O–H groups in total. The number of piperidine rings is 1. The summed E-state index contributed by atoms with van der Waals surface area (Å²) in [4.78, 5) is 6.53. The van der Waals surface area contributed by atoms with E-state index in [1.807, 2.05) is 18.7 Å². The minimum Gasteiger partial charge on any atom is -0.396 e. The summed E-state index contributed by atoms with van der Waals surface area (Å²) in [7, 11) is 0. The molecule has 1 aliphatic rings. The number of aromatic nitrogens is 2. The van der Waals surface area contributed by atoms with Gasteiger partial charge in [0.2, 0.25) is 0 Å². The molecule has 0 bridgehead atoms. The van der Waals surface area contributed by atoms with Crippen LogP contribution < -0.4 is 0 Å². The van der Waals surface area contributed by atoms with Crippen LogP contribution in [0.4, 0.5) is 0 Å². The van der Waals surface area contributed by atoms with E-state index in [4.69, 9.17) is 5.11 Å². The number of aliphatic hydroxyl groups excluding tert-OH is 1. The molecule has 4 heteroatoms. The summed E-state index contributed by atoms with van der Waals surface area (Å²) in [5.41, 5.74) is 0. The fraction of sp³-hybridized carbons (Fsp3) is 0.750. The number of hydrogen-bond donors (Lipinski definition) is 1. The van der Waals surface area contributed by atoms with Crippen LogP contribution in [0.25, 0.3) is 0 Å². The molecule has 0 unspecified atom stereocenters.